The molecule has 10 heteroatoms. The van der Waals surface area contributed by atoms with Crippen molar-refractivity contribution in [1.82, 2.24) is 19.5 Å². The number of fused-ring (bicyclic) bond motifs is 1. The van der Waals surface area contributed by atoms with Gasteiger partial charge in [-0.2, -0.15) is 0 Å². The molecule has 1 saturated carbocycles. The third kappa shape index (κ3) is 4.74. The van der Waals surface area contributed by atoms with Gasteiger partial charge < -0.3 is 29.8 Å². The van der Waals surface area contributed by atoms with Gasteiger partial charge in [0.1, 0.15) is 0 Å². The third-order valence-corrected chi connectivity index (χ3v) is 6.74. The third-order valence-electron chi connectivity index (χ3n) is 6.74. The van der Waals surface area contributed by atoms with E-state index in [0.717, 1.165) is 24.1 Å². The Kier molecular flexibility index (Phi) is 6.80. The van der Waals surface area contributed by atoms with E-state index in [1.165, 1.54) is 19.3 Å². The van der Waals surface area contributed by atoms with Gasteiger partial charge in [0.05, 0.1) is 27.7 Å². The standard InChI is InChI=1S/C27H30N6O4/c1-35-20-13-18(14-21(36-2)23(20)37-3)30-26-22-27(33(15-29-22)19-7-5-4-6-8-19)32-25(31-26)17-11-9-16(10-12-17)24(28)34/h9-15,19H,4-8H2,1-3H3,(H2,28,34)(H,30,31,32). The lowest BCUT2D eigenvalue weighted by atomic mass is 9.95. The Morgan fingerprint density at radius 1 is 0.973 bits per heavy atom. The first-order valence-electron chi connectivity index (χ1n) is 12.2. The predicted molar refractivity (Wildman–Crippen MR) is 141 cm³/mol. The van der Waals surface area contributed by atoms with Gasteiger partial charge in [-0.15, -0.1) is 0 Å². The quantitative estimate of drug-likeness (QED) is 0.350. The molecule has 1 aliphatic carbocycles. The summed E-state index contributed by atoms with van der Waals surface area (Å²) in [4.78, 5) is 26.0. The molecule has 2 heterocycles. The van der Waals surface area contributed by atoms with Crippen molar-refractivity contribution in [3.63, 3.8) is 0 Å². The summed E-state index contributed by atoms with van der Waals surface area (Å²) in [6, 6.07) is 10.9. The Labute approximate surface area is 214 Å². The fraction of sp³-hybridized carbons (Fsp3) is 0.333. The number of nitrogens with two attached hydrogens (primary N) is 1. The summed E-state index contributed by atoms with van der Waals surface area (Å²) < 4.78 is 18.7. The molecule has 37 heavy (non-hydrogen) atoms. The minimum atomic E-state index is -0.483. The lowest BCUT2D eigenvalue weighted by Crippen LogP contribution is -2.13. The van der Waals surface area contributed by atoms with E-state index in [2.05, 4.69) is 9.88 Å². The average molecular weight is 503 g/mol. The smallest absolute Gasteiger partial charge is 0.248 e. The molecule has 3 N–H and O–H groups in total. The van der Waals surface area contributed by atoms with Crippen LogP contribution in [0.4, 0.5) is 11.5 Å². The highest BCUT2D eigenvalue weighted by atomic mass is 16.5. The minimum absolute atomic E-state index is 0.341. The number of carbonyl (C=O) groups excluding carboxylic acids is 1. The van der Waals surface area contributed by atoms with E-state index in [-0.39, 0.29) is 0 Å². The number of nitrogens with one attached hydrogen (secondary N) is 1. The number of benzene rings is 2. The van der Waals surface area contributed by atoms with Crippen LogP contribution in [0.2, 0.25) is 0 Å². The number of imidazole rings is 1. The van der Waals surface area contributed by atoms with Crippen LogP contribution in [0.3, 0.4) is 0 Å². The van der Waals surface area contributed by atoms with Crippen LogP contribution in [0.15, 0.2) is 42.7 Å². The van der Waals surface area contributed by atoms with Gasteiger partial charge in [-0.25, -0.2) is 15.0 Å². The molecule has 0 spiro atoms. The van der Waals surface area contributed by atoms with Crippen molar-refractivity contribution in [3.8, 4) is 28.6 Å². The van der Waals surface area contributed by atoms with Crippen LogP contribution in [0.25, 0.3) is 22.6 Å². The van der Waals surface area contributed by atoms with Crippen molar-refractivity contribution >= 4 is 28.6 Å². The van der Waals surface area contributed by atoms with Crippen molar-refractivity contribution in [3.05, 3.63) is 48.3 Å². The van der Waals surface area contributed by atoms with Gasteiger partial charge in [0.15, 0.2) is 34.3 Å². The SMILES string of the molecule is COc1cc(Nc2nc(-c3ccc(C(N)=O)cc3)nc3c2ncn3C2CCCCC2)cc(OC)c1OC. The number of methoxy groups -OCH3 is 3. The zero-order valence-corrected chi connectivity index (χ0v) is 21.2. The normalized spacial score (nSPS) is 13.9. The molecule has 0 atom stereocenters. The van der Waals surface area contributed by atoms with Crippen LogP contribution >= 0.6 is 0 Å². The summed E-state index contributed by atoms with van der Waals surface area (Å²) in [5.74, 6) is 2.11. The summed E-state index contributed by atoms with van der Waals surface area (Å²) in [5, 5.41) is 3.39. The zero-order chi connectivity index (χ0) is 25.9. The summed E-state index contributed by atoms with van der Waals surface area (Å²) in [6.45, 7) is 0. The van der Waals surface area contributed by atoms with Crippen molar-refractivity contribution in [2.24, 2.45) is 5.73 Å². The van der Waals surface area contributed by atoms with E-state index < -0.39 is 5.91 Å². The second kappa shape index (κ2) is 10.3. The molecule has 4 aromatic rings. The molecule has 0 radical (unpaired) electrons. The molecular formula is C27H30N6O4. The zero-order valence-electron chi connectivity index (χ0n) is 21.2. The van der Waals surface area contributed by atoms with Gasteiger partial charge >= 0.3 is 0 Å². The lowest BCUT2D eigenvalue weighted by Gasteiger charge is -2.23. The van der Waals surface area contributed by atoms with Crippen LogP contribution in [-0.2, 0) is 0 Å². The topological polar surface area (TPSA) is 126 Å². The van der Waals surface area contributed by atoms with Gasteiger partial charge in [0.25, 0.3) is 0 Å². The maximum atomic E-state index is 11.6. The number of nitrogens with zero attached hydrogens (tertiary/aromatic N) is 4. The van der Waals surface area contributed by atoms with E-state index in [1.54, 1.807) is 45.6 Å². The number of primary amides is 1. The predicted octanol–water partition coefficient (Wildman–Crippen LogP) is 4.87. The maximum absolute atomic E-state index is 11.6. The largest absolute Gasteiger partial charge is 0.493 e. The van der Waals surface area contributed by atoms with Crippen LogP contribution in [0, 0.1) is 0 Å². The molecule has 2 aromatic heterocycles. The number of rotatable bonds is 8. The van der Waals surface area contributed by atoms with Crippen LogP contribution in [0.5, 0.6) is 17.2 Å². The number of aromatic nitrogens is 4. The molecule has 5 rings (SSSR count). The molecule has 0 aliphatic heterocycles. The summed E-state index contributed by atoms with van der Waals surface area (Å²) in [7, 11) is 4.71. The van der Waals surface area contributed by atoms with Crippen molar-refractivity contribution in [2.75, 3.05) is 26.6 Å². The molecule has 0 bridgehead atoms. The monoisotopic (exact) mass is 502 g/mol. The highest BCUT2D eigenvalue weighted by Gasteiger charge is 2.22. The van der Waals surface area contributed by atoms with E-state index >= 15 is 0 Å². The summed E-state index contributed by atoms with van der Waals surface area (Å²) in [5.41, 5.74) is 8.72. The summed E-state index contributed by atoms with van der Waals surface area (Å²) in [6.07, 6.45) is 7.67. The second-order valence-corrected chi connectivity index (χ2v) is 8.99. The van der Waals surface area contributed by atoms with Gasteiger partial charge in [-0.1, -0.05) is 31.4 Å². The van der Waals surface area contributed by atoms with E-state index in [0.29, 0.717) is 51.7 Å². The Hall–Kier alpha value is -4.34. The number of anilines is 2. The highest BCUT2D eigenvalue weighted by molar-refractivity contribution is 5.93. The molecule has 0 unspecified atom stereocenters. The fourth-order valence-corrected chi connectivity index (χ4v) is 4.83. The Morgan fingerprint density at radius 2 is 1.65 bits per heavy atom. The van der Waals surface area contributed by atoms with Crippen LogP contribution in [-0.4, -0.2) is 46.8 Å². The van der Waals surface area contributed by atoms with Gasteiger partial charge in [0.2, 0.25) is 11.7 Å². The maximum Gasteiger partial charge on any atom is 0.248 e. The number of ether oxygens (including phenoxy) is 3. The average Bonchev–Trinajstić information content (AvgIpc) is 3.37. The Balaban J connectivity index is 1.63. The summed E-state index contributed by atoms with van der Waals surface area (Å²) >= 11 is 0. The molecule has 10 nitrogen and oxygen atoms in total. The van der Waals surface area contributed by atoms with E-state index in [4.69, 9.17) is 34.9 Å². The molecule has 1 aliphatic rings. The second-order valence-electron chi connectivity index (χ2n) is 8.99. The van der Waals surface area contributed by atoms with Crippen molar-refractivity contribution in [1.29, 1.82) is 0 Å². The van der Waals surface area contributed by atoms with Crippen molar-refractivity contribution < 1.29 is 19.0 Å². The Morgan fingerprint density at radius 3 is 2.24 bits per heavy atom. The fourth-order valence-electron chi connectivity index (χ4n) is 4.83. The van der Waals surface area contributed by atoms with Gasteiger partial charge in [-0.3, -0.25) is 4.79 Å². The van der Waals surface area contributed by atoms with Gasteiger partial charge in [0, 0.05) is 35.0 Å². The highest BCUT2D eigenvalue weighted by Crippen LogP contribution is 2.41. The molecule has 0 saturated heterocycles. The van der Waals surface area contributed by atoms with E-state index in [1.807, 2.05) is 18.5 Å². The van der Waals surface area contributed by atoms with Gasteiger partial charge in [-0.05, 0) is 25.0 Å². The van der Waals surface area contributed by atoms with E-state index in [9.17, 15) is 4.79 Å². The molecular weight excluding hydrogens is 472 g/mol. The lowest BCUT2D eigenvalue weighted by molar-refractivity contribution is 0.100. The molecule has 192 valence electrons. The Bertz CT molecular complexity index is 1400. The molecule has 1 amide bonds. The minimum Gasteiger partial charge on any atom is -0.493 e. The number of amides is 1. The first-order valence-corrected chi connectivity index (χ1v) is 12.2. The first-order chi connectivity index (χ1) is 18.0. The van der Waals surface area contributed by atoms with Crippen LogP contribution < -0.4 is 25.3 Å². The number of hydrogen-bond acceptors (Lipinski definition) is 8. The number of hydrogen-bond donors (Lipinski definition) is 2. The molecule has 2 aromatic carbocycles. The first kappa shape index (κ1) is 24.4. The van der Waals surface area contributed by atoms with Crippen molar-refractivity contribution in [2.45, 2.75) is 38.1 Å². The molecule has 1 fully saturated rings. The van der Waals surface area contributed by atoms with Crippen LogP contribution in [0.1, 0.15) is 48.5 Å². The number of carbonyl (C=O) groups is 1.